The molecule has 14 heteroatoms. The third-order valence-electron chi connectivity index (χ3n) is 9.56. The monoisotopic (exact) mass is 795 g/mol. The topological polar surface area (TPSA) is 122 Å². The summed E-state index contributed by atoms with van der Waals surface area (Å²) in [5, 5.41) is 23.2. The molecule has 2 aliphatic rings. The van der Waals surface area contributed by atoms with Crippen LogP contribution in [-0.2, 0) is 17.9 Å². The van der Waals surface area contributed by atoms with Crippen molar-refractivity contribution in [2.45, 2.75) is 58.1 Å². The van der Waals surface area contributed by atoms with Gasteiger partial charge in [-0.15, -0.1) is 22.7 Å². The highest BCUT2D eigenvalue weighted by Crippen LogP contribution is 2.45. The molecule has 0 saturated carbocycles. The van der Waals surface area contributed by atoms with Gasteiger partial charge in [0, 0.05) is 57.7 Å². The van der Waals surface area contributed by atoms with Gasteiger partial charge < -0.3 is 10.2 Å². The molecule has 3 aromatic heterocycles. The molecule has 54 heavy (non-hydrogen) atoms. The molecular formula is C40H40ClN8O2S3+. The molecule has 5 heterocycles. The zero-order valence-corrected chi connectivity index (χ0v) is 33.8. The van der Waals surface area contributed by atoms with E-state index in [4.69, 9.17) is 22.0 Å². The van der Waals surface area contributed by atoms with Crippen LogP contribution in [0.4, 0.5) is 10.7 Å². The largest absolute Gasteiger partial charge is 0.350 e. The van der Waals surface area contributed by atoms with Crippen LogP contribution in [-0.4, -0.2) is 47.5 Å². The van der Waals surface area contributed by atoms with Gasteiger partial charge in [0.25, 0.3) is 5.56 Å². The minimum atomic E-state index is -0.815. The van der Waals surface area contributed by atoms with Crippen molar-refractivity contribution in [3.8, 4) is 0 Å². The molecule has 0 spiro atoms. The number of aromatic nitrogens is 2. The lowest BCUT2D eigenvalue weighted by Gasteiger charge is -2.24. The van der Waals surface area contributed by atoms with Crippen LogP contribution >= 0.6 is 46.0 Å². The lowest BCUT2D eigenvalue weighted by atomic mass is 9.99. The Hall–Kier alpha value is -4.82. The van der Waals surface area contributed by atoms with E-state index < -0.39 is 6.04 Å². The Morgan fingerprint density at radius 1 is 1.07 bits per heavy atom. The number of pyridine rings is 1. The summed E-state index contributed by atoms with van der Waals surface area (Å²) in [7, 11) is 2.00. The fraction of sp³-hybridized carbons (Fsp3) is 0.250. The normalized spacial score (nSPS) is 16.6. The number of aliphatic imine (C=N–C) groups is 1. The Labute approximate surface area is 330 Å². The number of carbonyl (C=O) groups is 1. The van der Waals surface area contributed by atoms with Crippen molar-refractivity contribution in [3.63, 3.8) is 0 Å². The van der Waals surface area contributed by atoms with Crippen molar-refractivity contribution < 1.29 is 9.36 Å². The molecule has 1 amide bonds. The summed E-state index contributed by atoms with van der Waals surface area (Å²) >= 11 is 10.9. The maximum atomic E-state index is 13.7. The highest BCUT2D eigenvalue weighted by molar-refractivity contribution is 8.08. The number of fused-ring (bicyclic) bond motifs is 2. The highest BCUT2D eigenvalue weighted by atomic mass is 35.5. The first kappa shape index (κ1) is 37.5. The third-order valence-corrected chi connectivity index (χ3v) is 13.5. The van der Waals surface area contributed by atoms with E-state index in [1.54, 1.807) is 23.6 Å². The van der Waals surface area contributed by atoms with E-state index >= 15 is 0 Å². The van der Waals surface area contributed by atoms with Gasteiger partial charge in [0.05, 0.1) is 24.4 Å². The fourth-order valence-electron chi connectivity index (χ4n) is 6.67. The Bertz CT molecular complexity index is 2540. The first-order valence-corrected chi connectivity index (χ1v) is 20.4. The number of hydrogen-bond acceptors (Lipinski definition) is 9. The molecule has 0 aliphatic carbocycles. The number of aryl methyl sites for hydroxylation is 1. The van der Waals surface area contributed by atoms with Crippen LogP contribution in [0.3, 0.4) is 0 Å². The number of nitrogens with zero attached hydrogens (tertiary/aromatic N) is 5. The van der Waals surface area contributed by atoms with Gasteiger partial charge in [-0.1, -0.05) is 47.6 Å². The van der Waals surface area contributed by atoms with Gasteiger partial charge in [0.1, 0.15) is 36.9 Å². The number of nitrogens with one attached hydrogen (secondary N) is 3. The second-order valence-corrected chi connectivity index (χ2v) is 16.7. The summed E-state index contributed by atoms with van der Waals surface area (Å²) in [5.74, 6) is 0.0272. The Morgan fingerprint density at radius 3 is 2.54 bits per heavy atom. The SMILES string of the molecule is CCn1c(=O)/c(=C2\Sc3ccccc3N2C)s/c1=C\c1cccc[n+]1CCNC(=O)C[C@@H]1N=C(c2ccc(Cl)cc2)c2c(sc(C)c2C)N(C(C)=N)C1=N. The molecule has 1 atom stereocenters. The second-order valence-electron chi connectivity index (χ2n) is 13.0. The number of hydrogen-bond donors (Lipinski definition) is 3. The Balaban J connectivity index is 1.13. The predicted molar refractivity (Wildman–Crippen MR) is 224 cm³/mol. The molecule has 5 aromatic rings. The number of para-hydroxylation sites is 1. The van der Waals surface area contributed by atoms with Crippen molar-refractivity contribution in [2.75, 3.05) is 23.4 Å². The number of amides is 1. The van der Waals surface area contributed by atoms with Gasteiger partial charge in [-0.05, 0) is 63.6 Å². The van der Waals surface area contributed by atoms with Gasteiger partial charge in [-0.2, -0.15) is 4.57 Å². The zero-order chi connectivity index (χ0) is 38.3. The van der Waals surface area contributed by atoms with Crippen LogP contribution in [0, 0.1) is 24.7 Å². The Morgan fingerprint density at radius 2 is 1.81 bits per heavy atom. The smallest absolute Gasteiger partial charge is 0.271 e. The molecule has 10 nitrogen and oxygen atoms in total. The quantitative estimate of drug-likeness (QED) is 0.103. The summed E-state index contributed by atoms with van der Waals surface area (Å²) in [6.45, 7) is 9.06. The van der Waals surface area contributed by atoms with Crippen molar-refractivity contribution in [1.82, 2.24) is 9.88 Å². The number of anilines is 2. The van der Waals surface area contributed by atoms with Crippen LogP contribution in [0.1, 0.15) is 47.5 Å². The number of halogens is 1. The molecule has 0 fully saturated rings. The number of thioether (sulfide) groups is 1. The number of amidine groups is 2. The fourth-order valence-corrected chi connectivity index (χ4v) is 10.5. The predicted octanol–water partition coefficient (Wildman–Crippen LogP) is 5.89. The lowest BCUT2D eigenvalue weighted by molar-refractivity contribution is -0.696. The van der Waals surface area contributed by atoms with Gasteiger partial charge in [-0.25, -0.2) is 0 Å². The maximum Gasteiger partial charge on any atom is 0.271 e. The summed E-state index contributed by atoms with van der Waals surface area (Å²) < 4.78 is 5.43. The minimum absolute atomic E-state index is 0.00581. The number of rotatable bonds is 8. The van der Waals surface area contributed by atoms with Crippen molar-refractivity contribution in [2.24, 2.45) is 4.99 Å². The van der Waals surface area contributed by atoms with Crippen LogP contribution in [0.25, 0.3) is 11.1 Å². The average molecular weight is 796 g/mol. The third kappa shape index (κ3) is 7.08. The van der Waals surface area contributed by atoms with E-state index in [1.807, 2.05) is 99.3 Å². The van der Waals surface area contributed by atoms with Crippen LogP contribution in [0.15, 0.2) is 87.6 Å². The zero-order valence-electron chi connectivity index (χ0n) is 30.6. The average Bonchev–Trinajstić information content (AvgIpc) is 3.73. The highest BCUT2D eigenvalue weighted by Gasteiger charge is 2.35. The maximum absolute atomic E-state index is 13.7. The molecule has 0 radical (unpaired) electrons. The van der Waals surface area contributed by atoms with Crippen molar-refractivity contribution in [1.29, 1.82) is 10.8 Å². The lowest BCUT2D eigenvalue weighted by Crippen LogP contribution is -2.45. The van der Waals surface area contributed by atoms with Crippen LogP contribution < -0.4 is 34.4 Å². The van der Waals surface area contributed by atoms with E-state index in [9.17, 15) is 15.0 Å². The molecule has 276 valence electrons. The van der Waals surface area contributed by atoms with E-state index in [-0.39, 0.29) is 29.6 Å². The summed E-state index contributed by atoms with van der Waals surface area (Å²) in [6.07, 6.45) is 3.94. The number of thiazole rings is 1. The van der Waals surface area contributed by atoms with Gasteiger partial charge in [0.2, 0.25) is 11.6 Å². The molecule has 2 aromatic carbocycles. The summed E-state index contributed by atoms with van der Waals surface area (Å²) in [6, 6.07) is 20.7. The molecule has 0 unspecified atom stereocenters. The summed E-state index contributed by atoms with van der Waals surface area (Å²) in [5.41, 5.74) is 5.40. The van der Waals surface area contributed by atoms with E-state index in [1.165, 1.54) is 22.7 Å². The van der Waals surface area contributed by atoms with E-state index in [0.717, 1.165) is 52.5 Å². The molecule has 2 aliphatic heterocycles. The van der Waals surface area contributed by atoms with Gasteiger partial charge >= 0.3 is 0 Å². The first-order valence-electron chi connectivity index (χ1n) is 17.6. The minimum Gasteiger partial charge on any atom is -0.350 e. The second kappa shape index (κ2) is 15.5. The van der Waals surface area contributed by atoms with Gasteiger partial charge in [-0.3, -0.25) is 34.9 Å². The van der Waals surface area contributed by atoms with Crippen LogP contribution in [0.2, 0.25) is 5.02 Å². The van der Waals surface area contributed by atoms with Crippen LogP contribution in [0.5, 0.6) is 0 Å². The standard InChI is InChI=1S/C40H39ClN8O2S3/c1-6-48-33(54-36(38(48)51)40-46(5)30-12-7-8-13-31(30)53-40)21-28-11-9-10-19-47(28)20-18-44-32(50)22-29-37(43)49(25(4)42)39-34(23(2)24(3)52-39)35(45-29)26-14-16-27(41)17-15-26/h7-17,19,21,29,42-43H,6,18,20,22H2,1-5H3/p+1/b40-36+,42-25?,43-37?/t29-/m0/s1. The summed E-state index contributed by atoms with van der Waals surface area (Å²) in [4.78, 5) is 38.2. The van der Waals surface area contributed by atoms with Gasteiger partial charge in [0.15, 0.2) is 12.7 Å². The molecule has 0 saturated heterocycles. The number of benzene rings is 2. The number of carbonyl (C=O) groups excluding carboxylic acids is 1. The Kier molecular flexibility index (Phi) is 10.8. The molecule has 0 bridgehead atoms. The first-order chi connectivity index (χ1) is 26.0. The molecular weight excluding hydrogens is 756 g/mol. The van der Waals surface area contributed by atoms with Crippen molar-refractivity contribution >= 4 is 91.1 Å². The molecule has 7 rings (SSSR count). The van der Waals surface area contributed by atoms with E-state index in [0.29, 0.717) is 34.9 Å². The van der Waals surface area contributed by atoms with Crippen molar-refractivity contribution in [3.05, 3.63) is 125 Å². The van der Waals surface area contributed by atoms with E-state index in [2.05, 4.69) is 26.9 Å². The number of thiophene rings is 1. The molecule has 3 N–H and O–H groups in total.